The second-order valence-electron chi connectivity index (χ2n) is 8.95. The number of carbonyl (C=O) groups excluding carboxylic acids is 3. The van der Waals surface area contributed by atoms with Crippen LogP contribution in [0.2, 0.25) is 0 Å². The van der Waals surface area contributed by atoms with Gasteiger partial charge in [0.25, 0.3) is 0 Å². The Kier molecular flexibility index (Phi) is 9.02. The van der Waals surface area contributed by atoms with Crippen LogP contribution in [0.3, 0.4) is 0 Å². The van der Waals surface area contributed by atoms with E-state index in [1.807, 2.05) is 0 Å². The molecule has 0 fully saturated rings. The number of amides is 2. The number of rotatable bonds is 10. The average molecular weight is 544 g/mol. The van der Waals surface area contributed by atoms with E-state index >= 15 is 0 Å². The molecule has 2 atom stereocenters. The van der Waals surface area contributed by atoms with Crippen LogP contribution < -0.4 is 21.0 Å². The second kappa shape index (κ2) is 12.0. The van der Waals surface area contributed by atoms with Crippen molar-refractivity contribution in [3.8, 4) is 0 Å². The standard InChI is InChI=1S/C26H29N3O8S/c1-15(2)23(26(33)36-4)28-24(31)20(12-17-8-6-5-7-9-17)29-38(34,35)19-10-11-22-18(13-19)14-21(25(32)37-22)27-16(3)30/h5-11,13-15,20,23,29H,12H2,1-4H3,(H,27,30)(H,28,31)/t20-,23-/m0/s1. The van der Waals surface area contributed by atoms with E-state index in [0.29, 0.717) is 5.56 Å². The summed E-state index contributed by atoms with van der Waals surface area (Å²) in [7, 11) is -3.08. The number of nitrogens with one attached hydrogen (secondary N) is 3. The number of carbonyl (C=O) groups is 3. The number of esters is 1. The van der Waals surface area contributed by atoms with Crippen molar-refractivity contribution in [2.45, 2.75) is 44.2 Å². The first-order chi connectivity index (χ1) is 17.9. The summed E-state index contributed by atoms with van der Waals surface area (Å²) < 4.78 is 39.1. The first kappa shape index (κ1) is 28.5. The van der Waals surface area contributed by atoms with Crippen LogP contribution in [0, 0.1) is 5.92 Å². The monoisotopic (exact) mass is 543 g/mol. The fourth-order valence-electron chi connectivity index (χ4n) is 3.72. The predicted molar refractivity (Wildman–Crippen MR) is 140 cm³/mol. The van der Waals surface area contributed by atoms with Crippen LogP contribution in [0.15, 0.2) is 68.7 Å². The fraction of sp³-hybridized carbons (Fsp3) is 0.308. The lowest BCUT2D eigenvalue weighted by molar-refractivity contribution is -0.146. The molecule has 38 heavy (non-hydrogen) atoms. The summed E-state index contributed by atoms with van der Waals surface area (Å²) in [5.74, 6) is -2.17. The molecule has 12 heteroatoms. The highest BCUT2D eigenvalue weighted by Gasteiger charge is 2.31. The van der Waals surface area contributed by atoms with Crippen molar-refractivity contribution in [3.63, 3.8) is 0 Å². The Hall–Kier alpha value is -4.03. The topological polar surface area (TPSA) is 161 Å². The van der Waals surface area contributed by atoms with Gasteiger partial charge < -0.3 is 19.8 Å². The van der Waals surface area contributed by atoms with E-state index in [2.05, 4.69) is 15.4 Å². The third kappa shape index (κ3) is 7.05. The minimum absolute atomic E-state index is 0.00697. The number of benzene rings is 2. The van der Waals surface area contributed by atoms with Crippen molar-refractivity contribution in [3.05, 3.63) is 70.6 Å². The molecular weight excluding hydrogens is 514 g/mol. The van der Waals surface area contributed by atoms with E-state index in [1.165, 1.54) is 38.3 Å². The zero-order chi connectivity index (χ0) is 28.0. The molecule has 0 aliphatic heterocycles. The molecule has 1 heterocycles. The van der Waals surface area contributed by atoms with Gasteiger partial charge in [0.1, 0.15) is 23.4 Å². The summed E-state index contributed by atoms with van der Waals surface area (Å²) in [4.78, 5) is 48.7. The first-order valence-corrected chi connectivity index (χ1v) is 13.2. The minimum Gasteiger partial charge on any atom is -0.467 e. The Balaban J connectivity index is 1.96. The zero-order valence-corrected chi connectivity index (χ0v) is 22.1. The summed E-state index contributed by atoms with van der Waals surface area (Å²) in [5, 5.41) is 5.17. The molecule has 3 rings (SSSR count). The number of sulfonamides is 1. The molecule has 0 aliphatic carbocycles. The SMILES string of the molecule is COC(=O)[C@@H](NC(=O)[C@H](Cc1ccccc1)NS(=O)(=O)c1ccc2oc(=O)c(NC(C)=O)cc2c1)C(C)C. The molecule has 0 aliphatic rings. The molecule has 0 radical (unpaired) electrons. The maximum atomic E-state index is 13.4. The van der Waals surface area contributed by atoms with Gasteiger partial charge in [0.2, 0.25) is 21.8 Å². The molecule has 11 nitrogen and oxygen atoms in total. The van der Waals surface area contributed by atoms with Crippen LogP contribution in [0.4, 0.5) is 5.69 Å². The number of anilines is 1. The number of methoxy groups -OCH3 is 1. The van der Waals surface area contributed by atoms with Crippen LogP contribution in [0.1, 0.15) is 26.3 Å². The predicted octanol–water partition coefficient (Wildman–Crippen LogP) is 1.95. The lowest BCUT2D eigenvalue weighted by Gasteiger charge is -2.24. The highest BCUT2D eigenvalue weighted by atomic mass is 32.2. The summed E-state index contributed by atoms with van der Waals surface area (Å²) in [6.07, 6.45) is 0.00697. The van der Waals surface area contributed by atoms with Gasteiger partial charge in [-0.05, 0) is 42.2 Å². The molecule has 0 bridgehead atoms. The molecule has 0 unspecified atom stereocenters. The summed E-state index contributed by atoms with van der Waals surface area (Å²) in [6.45, 7) is 4.66. The maximum absolute atomic E-state index is 13.4. The molecule has 1 aromatic heterocycles. The van der Waals surface area contributed by atoms with Crippen LogP contribution in [0.25, 0.3) is 11.0 Å². The van der Waals surface area contributed by atoms with Crippen molar-refractivity contribution in [1.29, 1.82) is 0 Å². The molecule has 0 spiro atoms. The number of hydrogen-bond donors (Lipinski definition) is 3. The third-order valence-electron chi connectivity index (χ3n) is 5.64. The highest BCUT2D eigenvalue weighted by Crippen LogP contribution is 2.21. The Bertz CT molecular complexity index is 1500. The number of hydrogen-bond acceptors (Lipinski definition) is 8. The average Bonchev–Trinajstić information content (AvgIpc) is 2.86. The number of ether oxygens (including phenoxy) is 1. The van der Waals surface area contributed by atoms with E-state index in [0.717, 1.165) is 0 Å². The van der Waals surface area contributed by atoms with Gasteiger partial charge in [0, 0.05) is 12.3 Å². The van der Waals surface area contributed by atoms with Crippen LogP contribution in [-0.4, -0.2) is 45.4 Å². The van der Waals surface area contributed by atoms with Gasteiger partial charge in [0.05, 0.1) is 12.0 Å². The number of fused-ring (bicyclic) bond motifs is 1. The Morgan fingerprint density at radius 2 is 1.71 bits per heavy atom. The smallest absolute Gasteiger partial charge is 0.360 e. The summed E-state index contributed by atoms with van der Waals surface area (Å²) in [5.41, 5.74) is -0.128. The molecule has 2 aromatic carbocycles. The molecule has 3 N–H and O–H groups in total. The maximum Gasteiger partial charge on any atom is 0.360 e. The summed E-state index contributed by atoms with van der Waals surface area (Å²) >= 11 is 0. The van der Waals surface area contributed by atoms with E-state index in [-0.39, 0.29) is 33.9 Å². The second-order valence-corrected chi connectivity index (χ2v) is 10.7. The van der Waals surface area contributed by atoms with Crippen LogP contribution in [-0.2, 0) is 35.6 Å². The van der Waals surface area contributed by atoms with Gasteiger partial charge in [-0.3, -0.25) is 9.59 Å². The van der Waals surface area contributed by atoms with Gasteiger partial charge in [-0.1, -0.05) is 44.2 Å². The molecule has 2 amide bonds. The first-order valence-electron chi connectivity index (χ1n) is 11.7. The zero-order valence-electron chi connectivity index (χ0n) is 21.3. The van der Waals surface area contributed by atoms with Crippen molar-refractivity contribution < 1.29 is 32.0 Å². The van der Waals surface area contributed by atoms with Gasteiger partial charge >= 0.3 is 11.6 Å². The summed E-state index contributed by atoms with van der Waals surface area (Å²) in [6, 6.07) is 11.6. The molecule has 3 aromatic rings. The van der Waals surface area contributed by atoms with Crippen molar-refractivity contribution in [2.75, 3.05) is 12.4 Å². The Morgan fingerprint density at radius 1 is 1.03 bits per heavy atom. The third-order valence-corrected chi connectivity index (χ3v) is 7.11. The Labute approximate surface area is 219 Å². The molecule has 0 saturated carbocycles. The molecular formula is C26H29N3O8S. The van der Waals surface area contributed by atoms with E-state index in [4.69, 9.17) is 9.15 Å². The van der Waals surface area contributed by atoms with Gasteiger partial charge in [-0.2, -0.15) is 4.72 Å². The van der Waals surface area contributed by atoms with Gasteiger partial charge in [-0.25, -0.2) is 18.0 Å². The quantitative estimate of drug-likeness (QED) is 0.258. The van der Waals surface area contributed by atoms with Gasteiger partial charge in [-0.15, -0.1) is 0 Å². The molecule has 0 saturated heterocycles. The lowest BCUT2D eigenvalue weighted by atomic mass is 10.0. The Morgan fingerprint density at radius 3 is 2.32 bits per heavy atom. The molecule has 202 valence electrons. The van der Waals surface area contributed by atoms with E-state index in [1.54, 1.807) is 44.2 Å². The van der Waals surface area contributed by atoms with Crippen molar-refractivity contribution >= 4 is 44.5 Å². The largest absolute Gasteiger partial charge is 0.467 e. The minimum atomic E-state index is -4.28. The van der Waals surface area contributed by atoms with Crippen LogP contribution >= 0.6 is 0 Å². The van der Waals surface area contributed by atoms with Gasteiger partial charge in [0.15, 0.2) is 0 Å². The lowest BCUT2D eigenvalue weighted by Crippen LogP contribution is -2.54. The van der Waals surface area contributed by atoms with Crippen molar-refractivity contribution in [2.24, 2.45) is 5.92 Å². The van der Waals surface area contributed by atoms with Crippen molar-refractivity contribution in [1.82, 2.24) is 10.0 Å². The van der Waals surface area contributed by atoms with E-state index in [9.17, 15) is 27.6 Å². The normalized spacial score (nSPS) is 13.1. The van der Waals surface area contributed by atoms with Crippen LogP contribution in [0.5, 0.6) is 0 Å². The van der Waals surface area contributed by atoms with E-state index < -0.39 is 45.5 Å². The fourth-order valence-corrected chi connectivity index (χ4v) is 4.95. The highest BCUT2D eigenvalue weighted by molar-refractivity contribution is 7.89.